The fourth-order valence-electron chi connectivity index (χ4n) is 1.60. The molecule has 100 valence electrons. The summed E-state index contributed by atoms with van der Waals surface area (Å²) in [5.74, 6) is 0.00283. The van der Waals surface area contributed by atoms with Crippen LogP contribution in [0.3, 0.4) is 0 Å². The van der Waals surface area contributed by atoms with Crippen LogP contribution in [-0.2, 0) is 4.74 Å². The van der Waals surface area contributed by atoms with Gasteiger partial charge in [0, 0.05) is 19.6 Å². The monoisotopic (exact) mass is 252 g/mol. The molecule has 0 aliphatic heterocycles. The number of benzene rings is 1. The van der Waals surface area contributed by atoms with Crippen LogP contribution in [0.5, 0.6) is 5.75 Å². The second kappa shape index (κ2) is 7.68. The van der Waals surface area contributed by atoms with Gasteiger partial charge in [-0.15, -0.1) is 0 Å². The van der Waals surface area contributed by atoms with Gasteiger partial charge in [-0.3, -0.25) is 4.79 Å². The summed E-state index contributed by atoms with van der Waals surface area (Å²) in [5, 5.41) is 0. The molecule has 0 saturated heterocycles. The van der Waals surface area contributed by atoms with E-state index < -0.39 is 5.91 Å². The quantitative estimate of drug-likeness (QED) is 0.720. The van der Waals surface area contributed by atoms with Crippen LogP contribution in [-0.4, -0.2) is 31.8 Å². The fraction of sp³-hybridized carbons (Fsp3) is 0.462. The maximum atomic E-state index is 11.2. The Bertz CT molecular complexity index is 382. The van der Waals surface area contributed by atoms with Crippen molar-refractivity contribution >= 4 is 5.91 Å². The lowest BCUT2D eigenvalue weighted by atomic mass is 10.2. The van der Waals surface area contributed by atoms with E-state index in [-0.39, 0.29) is 6.10 Å². The van der Waals surface area contributed by atoms with Crippen molar-refractivity contribution in [1.29, 1.82) is 0 Å². The molecule has 4 N–H and O–H groups in total. The lowest BCUT2D eigenvalue weighted by Crippen LogP contribution is -2.26. The maximum Gasteiger partial charge on any atom is 0.252 e. The number of rotatable bonds is 8. The highest BCUT2D eigenvalue weighted by molar-refractivity contribution is 5.95. The van der Waals surface area contributed by atoms with Crippen LogP contribution in [0.1, 0.15) is 23.7 Å². The summed E-state index contributed by atoms with van der Waals surface area (Å²) in [6.07, 6.45) is 0.660. The summed E-state index contributed by atoms with van der Waals surface area (Å²) < 4.78 is 11.0. The third-order valence-electron chi connectivity index (χ3n) is 2.52. The van der Waals surface area contributed by atoms with Crippen LogP contribution in [0.2, 0.25) is 0 Å². The Morgan fingerprint density at radius 1 is 1.39 bits per heavy atom. The molecule has 1 atom stereocenters. The molecule has 0 heterocycles. The first-order valence-electron chi connectivity index (χ1n) is 6.02. The molecule has 0 fully saturated rings. The van der Waals surface area contributed by atoms with Gasteiger partial charge in [-0.25, -0.2) is 0 Å². The van der Waals surface area contributed by atoms with E-state index in [1.165, 1.54) is 0 Å². The number of carbonyl (C=O) groups is 1. The van der Waals surface area contributed by atoms with Gasteiger partial charge >= 0.3 is 0 Å². The van der Waals surface area contributed by atoms with Gasteiger partial charge in [-0.05, 0) is 19.1 Å². The molecule has 0 aliphatic rings. The van der Waals surface area contributed by atoms with Gasteiger partial charge in [0.15, 0.2) is 0 Å². The predicted molar refractivity (Wildman–Crippen MR) is 69.5 cm³/mol. The molecule has 0 spiro atoms. The average Bonchev–Trinajstić information content (AvgIpc) is 2.38. The first-order valence-corrected chi connectivity index (χ1v) is 6.02. The molecule has 1 aromatic carbocycles. The van der Waals surface area contributed by atoms with Crippen LogP contribution in [0.15, 0.2) is 24.3 Å². The van der Waals surface area contributed by atoms with Gasteiger partial charge in [0.2, 0.25) is 0 Å². The minimum atomic E-state index is -0.495. The number of amides is 1. The summed E-state index contributed by atoms with van der Waals surface area (Å²) in [7, 11) is 0. The lowest BCUT2D eigenvalue weighted by Gasteiger charge is -2.15. The Morgan fingerprint density at radius 2 is 2.11 bits per heavy atom. The third-order valence-corrected chi connectivity index (χ3v) is 2.52. The molecule has 0 radical (unpaired) electrons. The number of hydrogen-bond donors (Lipinski definition) is 2. The molecule has 1 rings (SSSR count). The van der Waals surface area contributed by atoms with Crippen molar-refractivity contribution in [1.82, 2.24) is 0 Å². The van der Waals surface area contributed by atoms with E-state index in [1.54, 1.807) is 24.3 Å². The summed E-state index contributed by atoms with van der Waals surface area (Å²) in [6.45, 7) is 3.44. The zero-order valence-electron chi connectivity index (χ0n) is 10.6. The highest BCUT2D eigenvalue weighted by atomic mass is 16.5. The summed E-state index contributed by atoms with van der Waals surface area (Å²) in [6, 6.07) is 6.90. The number of para-hydroxylation sites is 1. The molecule has 0 aromatic heterocycles. The zero-order chi connectivity index (χ0) is 13.4. The number of carbonyl (C=O) groups excluding carboxylic acids is 1. The second-order valence-electron chi connectivity index (χ2n) is 3.81. The van der Waals surface area contributed by atoms with Gasteiger partial charge in [0.05, 0.1) is 18.3 Å². The smallest absolute Gasteiger partial charge is 0.252 e. The van der Waals surface area contributed by atoms with Gasteiger partial charge in [-0.2, -0.15) is 0 Å². The highest BCUT2D eigenvalue weighted by Gasteiger charge is 2.10. The fourth-order valence-corrected chi connectivity index (χ4v) is 1.60. The molecule has 0 bridgehead atoms. The van der Waals surface area contributed by atoms with Gasteiger partial charge < -0.3 is 20.9 Å². The Balaban J connectivity index is 2.50. The largest absolute Gasteiger partial charge is 0.493 e. The van der Waals surface area contributed by atoms with E-state index in [0.29, 0.717) is 37.5 Å². The number of primary amides is 1. The lowest BCUT2D eigenvalue weighted by molar-refractivity contribution is 0.0526. The van der Waals surface area contributed by atoms with E-state index in [2.05, 4.69) is 0 Å². The molecule has 1 unspecified atom stereocenters. The number of hydrogen-bond acceptors (Lipinski definition) is 4. The SMILES string of the molecule is CCOC(CN)CCOc1ccccc1C(N)=O. The van der Waals surface area contributed by atoms with E-state index in [0.717, 1.165) is 0 Å². The average molecular weight is 252 g/mol. The zero-order valence-corrected chi connectivity index (χ0v) is 10.6. The van der Waals surface area contributed by atoms with E-state index in [9.17, 15) is 4.79 Å². The van der Waals surface area contributed by atoms with Crippen molar-refractivity contribution in [3.63, 3.8) is 0 Å². The van der Waals surface area contributed by atoms with E-state index in [1.807, 2.05) is 6.92 Å². The van der Waals surface area contributed by atoms with Crippen LogP contribution in [0.4, 0.5) is 0 Å². The Labute approximate surface area is 107 Å². The minimum Gasteiger partial charge on any atom is -0.493 e. The number of ether oxygens (including phenoxy) is 2. The normalized spacial score (nSPS) is 12.1. The van der Waals surface area contributed by atoms with Crippen LogP contribution in [0, 0.1) is 0 Å². The van der Waals surface area contributed by atoms with E-state index in [4.69, 9.17) is 20.9 Å². The van der Waals surface area contributed by atoms with Crippen molar-refractivity contribution in [2.24, 2.45) is 11.5 Å². The van der Waals surface area contributed by atoms with Crippen LogP contribution in [0.25, 0.3) is 0 Å². The van der Waals surface area contributed by atoms with Crippen molar-refractivity contribution in [2.75, 3.05) is 19.8 Å². The topological polar surface area (TPSA) is 87.6 Å². The summed E-state index contributed by atoms with van der Waals surface area (Å²) in [5.41, 5.74) is 11.2. The predicted octanol–water partition coefficient (Wildman–Crippen LogP) is 0.918. The van der Waals surface area contributed by atoms with Crippen molar-refractivity contribution in [3.05, 3.63) is 29.8 Å². The molecular weight excluding hydrogens is 232 g/mol. The Hall–Kier alpha value is -1.59. The number of nitrogens with two attached hydrogens (primary N) is 2. The Kier molecular flexibility index (Phi) is 6.18. The van der Waals surface area contributed by atoms with E-state index >= 15 is 0 Å². The highest BCUT2D eigenvalue weighted by Crippen LogP contribution is 2.17. The van der Waals surface area contributed by atoms with Gasteiger partial charge in [-0.1, -0.05) is 12.1 Å². The summed E-state index contributed by atoms with van der Waals surface area (Å²) >= 11 is 0. The molecule has 5 nitrogen and oxygen atoms in total. The first-order chi connectivity index (χ1) is 8.69. The van der Waals surface area contributed by atoms with Crippen molar-refractivity contribution in [2.45, 2.75) is 19.4 Å². The van der Waals surface area contributed by atoms with Gasteiger partial charge in [0.1, 0.15) is 5.75 Å². The first kappa shape index (κ1) is 14.5. The Morgan fingerprint density at radius 3 is 2.72 bits per heavy atom. The second-order valence-corrected chi connectivity index (χ2v) is 3.81. The minimum absolute atomic E-state index is 0.0178. The molecule has 1 aromatic rings. The molecular formula is C13H20N2O3. The van der Waals surface area contributed by atoms with Crippen LogP contribution < -0.4 is 16.2 Å². The molecule has 18 heavy (non-hydrogen) atoms. The molecule has 1 amide bonds. The molecule has 0 aliphatic carbocycles. The molecule has 5 heteroatoms. The standard InChI is InChI=1S/C13H20N2O3/c1-2-17-10(9-14)7-8-18-12-6-4-3-5-11(12)13(15)16/h3-6,10H,2,7-9,14H2,1H3,(H2,15,16). The maximum absolute atomic E-state index is 11.2. The molecule has 0 saturated carbocycles. The van der Waals surface area contributed by atoms with Crippen molar-refractivity contribution < 1.29 is 14.3 Å². The van der Waals surface area contributed by atoms with Crippen LogP contribution >= 0.6 is 0 Å². The third kappa shape index (κ3) is 4.35. The summed E-state index contributed by atoms with van der Waals surface area (Å²) in [4.78, 5) is 11.2. The van der Waals surface area contributed by atoms with Gasteiger partial charge in [0.25, 0.3) is 5.91 Å². The van der Waals surface area contributed by atoms with Crippen molar-refractivity contribution in [3.8, 4) is 5.75 Å².